The first-order valence-electron chi connectivity index (χ1n) is 21.7. The molecule has 7 rings (SSSR count). The Morgan fingerprint density at radius 1 is 0.812 bits per heavy atom. The summed E-state index contributed by atoms with van der Waals surface area (Å²) in [5, 5.41) is 28.5. The number of aryl methyl sites for hydroxylation is 1. The first kappa shape index (κ1) is 49.0. The van der Waals surface area contributed by atoms with E-state index in [4.69, 9.17) is 14.5 Å². The molecule has 3 aromatic rings. The number of halogens is 1. The summed E-state index contributed by atoms with van der Waals surface area (Å²) >= 11 is 0. The fourth-order valence-electron chi connectivity index (χ4n) is 8.37. The molecule has 5 heterocycles. The van der Waals surface area contributed by atoms with Gasteiger partial charge in [0.05, 0.1) is 67.8 Å². The summed E-state index contributed by atoms with van der Waals surface area (Å²) in [7, 11) is 0. The Morgan fingerprint density at radius 3 is 1.99 bits per heavy atom. The third-order valence-electron chi connectivity index (χ3n) is 12.0. The topological polar surface area (TPSA) is 332 Å². The molecule has 364 valence electrons. The second-order valence-electron chi connectivity index (χ2n) is 16.4. The maximum absolute atomic E-state index is 15.3. The average Bonchev–Trinajstić information content (AvgIpc) is 3.86. The number of nitrogens with zero attached hydrogens (tertiary/aromatic N) is 3. The summed E-state index contributed by atoms with van der Waals surface area (Å²) in [6, 6.07) is 2.22. The van der Waals surface area contributed by atoms with Crippen LogP contribution in [-0.4, -0.2) is 131 Å². The zero-order chi connectivity index (χ0) is 49.7. The van der Waals surface area contributed by atoms with E-state index < -0.39 is 128 Å². The molecule has 1 aliphatic carbocycles. The van der Waals surface area contributed by atoms with Crippen LogP contribution in [-0.2, 0) is 82.6 Å². The normalized spacial score (nSPS) is 17.3. The molecule has 1 aromatic carbocycles. The van der Waals surface area contributed by atoms with Crippen LogP contribution >= 0.6 is 0 Å². The molecule has 9 amide bonds. The third-order valence-corrected chi connectivity index (χ3v) is 12.0. The predicted octanol–water partition coefficient (Wildman–Crippen LogP) is -3.38. The molecular formula is C44H47FN10O14. The van der Waals surface area contributed by atoms with Crippen LogP contribution in [0.2, 0.25) is 0 Å². The number of carbonyl (C=O) groups excluding carboxylic acids is 10. The lowest BCUT2D eigenvalue weighted by molar-refractivity contribution is -0.172. The van der Waals surface area contributed by atoms with E-state index in [9.17, 15) is 57.8 Å². The van der Waals surface area contributed by atoms with Gasteiger partial charge in [0.1, 0.15) is 25.8 Å². The molecule has 0 bridgehead atoms. The van der Waals surface area contributed by atoms with Crippen molar-refractivity contribution in [3.63, 3.8) is 0 Å². The van der Waals surface area contributed by atoms with E-state index in [-0.39, 0.29) is 43.7 Å². The van der Waals surface area contributed by atoms with Gasteiger partial charge in [-0.1, -0.05) is 6.92 Å². The highest BCUT2D eigenvalue weighted by atomic mass is 19.1. The zero-order valence-electron chi connectivity index (χ0n) is 37.3. The van der Waals surface area contributed by atoms with Crippen molar-refractivity contribution < 1.29 is 66.9 Å². The number of imide groups is 1. The van der Waals surface area contributed by atoms with Gasteiger partial charge in [-0.25, -0.2) is 14.2 Å². The number of ether oxygens (including phenoxy) is 2. The molecule has 2 atom stereocenters. The largest absolute Gasteiger partial charge is 0.458 e. The first-order chi connectivity index (χ1) is 32.9. The lowest BCUT2D eigenvalue weighted by Gasteiger charge is -2.31. The quantitative estimate of drug-likeness (QED) is 0.0197. The molecule has 3 aliphatic heterocycles. The first-order valence-corrected chi connectivity index (χ1v) is 21.7. The van der Waals surface area contributed by atoms with E-state index in [2.05, 4.69) is 37.2 Å². The van der Waals surface area contributed by atoms with Gasteiger partial charge in [0.2, 0.25) is 41.4 Å². The highest BCUT2D eigenvalue weighted by molar-refractivity contribution is 6.13. The van der Waals surface area contributed by atoms with Crippen molar-refractivity contribution in [3.05, 3.63) is 73.8 Å². The zero-order valence-corrected chi connectivity index (χ0v) is 37.3. The molecule has 24 nitrogen and oxygen atoms in total. The standard InChI is InChI=1S/C44H47FN10O14/c1-3-44(67)25-10-29-41-23(17-55(29)42(65)24(25)18-69-43(44)66)40-27(5-4-22-21(2)26(45)11-28(53-41)39(22)40)52-36(62)19-68-20-51-35(61)16-50-34(60)15-49-33(59)14-48-32(58)13-47-31(57)12-46-30(56)8-9-54-37(63)6-7-38(54)64/h6-7,10-11,27,67H,3-5,8-9,12-20H2,1-2H3,(H,46,56)(H,47,57)(H,48,58)(H,49,59)(H,50,60)(H,51,61)(H,52,62)/t27-,44-/m0/s1. The molecule has 4 aliphatic rings. The van der Waals surface area contributed by atoms with Gasteiger partial charge >= 0.3 is 5.97 Å². The number of pyridine rings is 2. The van der Waals surface area contributed by atoms with Gasteiger partial charge in [-0.3, -0.25) is 52.8 Å². The Bertz CT molecular complexity index is 2810. The lowest BCUT2D eigenvalue weighted by Crippen LogP contribution is -2.46. The number of cyclic esters (lactones) is 1. The van der Waals surface area contributed by atoms with Crippen molar-refractivity contribution in [1.82, 2.24) is 51.7 Å². The highest BCUT2D eigenvalue weighted by Gasteiger charge is 2.46. The molecule has 0 saturated heterocycles. The van der Waals surface area contributed by atoms with Gasteiger partial charge in [0.15, 0.2) is 5.60 Å². The molecule has 0 spiro atoms. The number of benzene rings is 1. The number of aromatic nitrogens is 2. The van der Waals surface area contributed by atoms with Gasteiger partial charge in [0, 0.05) is 47.7 Å². The van der Waals surface area contributed by atoms with Gasteiger partial charge in [-0.15, -0.1) is 0 Å². The van der Waals surface area contributed by atoms with E-state index in [1.165, 1.54) is 10.6 Å². The fourth-order valence-corrected chi connectivity index (χ4v) is 8.37. The molecule has 25 heteroatoms. The molecule has 2 aromatic heterocycles. The molecule has 0 saturated carbocycles. The minimum atomic E-state index is -2.05. The van der Waals surface area contributed by atoms with Crippen molar-refractivity contribution in [3.8, 4) is 11.4 Å². The van der Waals surface area contributed by atoms with Crippen molar-refractivity contribution in [2.75, 3.05) is 52.6 Å². The van der Waals surface area contributed by atoms with Crippen molar-refractivity contribution in [1.29, 1.82) is 0 Å². The van der Waals surface area contributed by atoms with E-state index in [1.54, 1.807) is 19.9 Å². The molecule has 0 radical (unpaired) electrons. The van der Waals surface area contributed by atoms with E-state index >= 15 is 4.39 Å². The third kappa shape index (κ3) is 10.5. The number of carbonyl (C=O) groups is 10. The Labute approximate surface area is 390 Å². The second kappa shape index (κ2) is 20.5. The number of fused-ring (bicyclic) bond motifs is 5. The van der Waals surface area contributed by atoms with Crippen molar-refractivity contribution in [2.24, 2.45) is 0 Å². The number of aliphatic hydroxyl groups is 1. The smallest absolute Gasteiger partial charge is 0.343 e. The molecule has 69 heavy (non-hydrogen) atoms. The van der Waals surface area contributed by atoms with Crippen LogP contribution in [0.4, 0.5) is 4.39 Å². The van der Waals surface area contributed by atoms with Crippen molar-refractivity contribution >= 4 is 70.0 Å². The number of hydrogen-bond donors (Lipinski definition) is 8. The maximum Gasteiger partial charge on any atom is 0.343 e. The molecule has 0 fully saturated rings. The van der Waals surface area contributed by atoms with Crippen LogP contribution < -0.4 is 42.8 Å². The Kier molecular flexibility index (Phi) is 14.6. The number of amides is 9. The van der Waals surface area contributed by atoms with Gasteiger partial charge in [0.25, 0.3) is 17.4 Å². The van der Waals surface area contributed by atoms with Crippen LogP contribution in [0.15, 0.2) is 29.1 Å². The summed E-state index contributed by atoms with van der Waals surface area (Å²) in [6.45, 7) is -0.771. The monoisotopic (exact) mass is 958 g/mol. The minimum absolute atomic E-state index is 0.0480. The number of hydrogen-bond acceptors (Lipinski definition) is 15. The number of esters is 1. The number of rotatable bonds is 19. The van der Waals surface area contributed by atoms with E-state index in [1.807, 2.05) is 0 Å². The Balaban J connectivity index is 0.820. The van der Waals surface area contributed by atoms with Gasteiger partial charge in [-0.05, 0) is 48.9 Å². The van der Waals surface area contributed by atoms with Gasteiger partial charge in [-0.2, -0.15) is 0 Å². The summed E-state index contributed by atoms with van der Waals surface area (Å²) in [4.78, 5) is 141. The Hall–Kier alpha value is -7.93. The maximum atomic E-state index is 15.3. The van der Waals surface area contributed by atoms with Crippen molar-refractivity contribution in [2.45, 2.75) is 64.3 Å². The van der Waals surface area contributed by atoms with Crippen LogP contribution in [0.1, 0.15) is 65.6 Å². The molecule has 0 unspecified atom stereocenters. The Morgan fingerprint density at radius 2 is 1.39 bits per heavy atom. The molecular weight excluding hydrogens is 912 g/mol. The van der Waals surface area contributed by atoms with E-state index in [0.717, 1.165) is 17.1 Å². The summed E-state index contributed by atoms with van der Waals surface area (Å²) < 4.78 is 27.3. The minimum Gasteiger partial charge on any atom is -0.458 e. The summed E-state index contributed by atoms with van der Waals surface area (Å²) in [5.74, 6) is -7.32. The molecule has 8 N–H and O–H groups in total. The van der Waals surface area contributed by atoms with Gasteiger partial charge < -0.3 is 56.4 Å². The lowest BCUT2D eigenvalue weighted by atomic mass is 9.81. The van der Waals surface area contributed by atoms with Crippen LogP contribution in [0, 0.1) is 12.7 Å². The van der Waals surface area contributed by atoms with Crippen LogP contribution in [0.3, 0.4) is 0 Å². The van der Waals surface area contributed by atoms with Crippen LogP contribution in [0.5, 0.6) is 0 Å². The highest BCUT2D eigenvalue weighted by Crippen LogP contribution is 2.46. The van der Waals surface area contributed by atoms with E-state index in [0.29, 0.717) is 57.4 Å². The second-order valence-corrected chi connectivity index (χ2v) is 16.4. The average molecular weight is 959 g/mol. The number of nitrogens with one attached hydrogen (secondary N) is 7. The predicted molar refractivity (Wildman–Crippen MR) is 233 cm³/mol. The summed E-state index contributed by atoms with van der Waals surface area (Å²) in [5.41, 5.74) is 1.09. The fraction of sp³-hybridized carbons (Fsp3) is 0.409. The SMILES string of the molecule is CC[C@@]1(O)C(=O)OCc2c1cc1n(c2=O)Cc2c-1nc1cc(F)c(C)c3c1c2[C@@H](NC(=O)COCNC(=O)CNC(=O)CNC(=O)CNC(=O)CNC(=O)CNC(=O)CCN1C(=O)C=CC1=O)CC3. The van der Waals surface area contributed by atoms with Crippen LogP contribution in [0.25, 0.3) is 22.3 Å². The summed E-state index contributed by atoms with van der Waals surface area (Å²) in [6.07, 6.45) is 2.62.